The molecule has 0 aliphatic rings. The first-order valence-electron chi connectivity index (χ1n) is 18.0. The standard InChI is InChI=1S/C50H39NO/c1-50(2,3)37-28-30-46(43(32-37)35-18-8-5-9-19-35)51(38-29-31-48-44(33-38)41-23-11-13-27-47(41)52-48)45-26-12-10-22-40(45)42-25-15-21-36-20-14-24-39(49(36)42)34-16-6-4-7-17-34/h4-33H,1-3H3. The number of anilines is 3. The Morgan fingerprint density at radius 2 is 1.02 bits per heavy atom. The van der Waals surface area contributed by atoms with Crippen molar-refractivity contribution in [1.82, 2.24) is 0 Å². The number of furan rings is 1. The molecule has 1 aromatic heterocycles. The summed E-state index contributed by atoms with van der Waals surface area (Å²) in [6, 6.07) is 65.6. The zero-order valence-electron chi connectivity index (χ0n) is 29.7. The van der Waals surface area contributed by atoms with Crippen LogP contribution < -0.4 is 4.90 Å². The highest BCUT2D eigenvalue weighted by Gasteiger charge is 2.25. The molecule has 0 atom stereocenters. The summed E-state index contributed by atoms with van der Waals surface area (Å²) in [5, 5.41) is 4.66. The van der Waals surface area contributed by atoms with Crippen molar-refractivity contribution in [2.75, 3.05) is 4.90 Å². The first kappa shape index (κ1) is 31.6. The SMILES string of the molecule is CC(C)(C)c1ccc(N(c2ccc3oc4ccccc4c3c2)c2ccccc2-c2cccc3cccc(-c4ccccc4)c23)c(-c2ccccc2)c1. The summed E-state index contributed by atoms with van der Waals surface area (Å²) in [5.74, 6) is 0. The van der Waals surface area contributed by atoms with Crippen molar-refractivity contribution in [3.63, 3.8) is 0 Å². The van der Waals surface area contributed by atoms with E-state index < -0.39 is 0 Å². The van der Waals surface area contributed by atoms with Gasteiger partial charge in [-0.15, -0.1) is 0 Å². The summed E-state index contributed by atoms with van der Waals surface area (Å²) in [6.07, 6.45) is 0. The van der Waals surface area contributed by atoms with Gasteiger partial charge in [-0.3, -0.25) is 0 Å². The van der Waals surface area contributed by atoms with Crippen LogP contribution >= 0.6 is 0 Å². The normalized spacial score (nSPS) is 11.8. The Morgan fingerprint density at radius 1 is 0.423 bits per heavy atom. The smallest absolute Gasteiger partial charge is 0.135 e. The van der Waals surface area contributed by atoms with Crippen LogP contribution in [0.3, 0.4) is 0 Å². The molecule has 52 heavy (non-hydrogen) atoms. The number of hydrogen-bond acceptors (Lipinski definition) is 2. The summed E-state index contributed by atoms with van der Waals surface area (Å²) in [6.45, 7) is 6.85. The van der Waals surface area contributed by atoms with E-state index in [4.69, 9.17) is 4.42 Å². The predicted molar refractivity (Wildman–Crippen MR) is 221 cm³/mol. The fraction of sp³-hybridized carbons (Fsp3) is 0.0800. The quantitative estimate of drug-likeness (QED) is 0.175. The number of fused-ring (bicyclic) bond motifs is 4. The van der Waals surface area contributed by atoms with Crippen molar-refractivity contribution < 1.29 is 4.42 Å². The minimum absolute atomic E-state index is 0.0176. The van der Waals surface area contributed by atoms with Gasteiger partial charge >= 0.3 is 0 Å². The van der Waals surface area contributed by atoms with Crippen LogP contribution in [0.15, 0.2) is 186 Å². The van der Waals surface area contributed by atoms with Crippen molar-refractivity contribution >= 4 is 49.8 Å². The van der Waals surface area contributed by atoms with Gasteiger partial charge in [0.1, 0.15) is 11.2 Å². The molecule has 1 heterocycles. The Bertz CT molecular complexity index is 2710. The second-order valence-corrected chi connectivity index (χ2v) is 14.6. The molecule has 2 heteroatoms. The summed E-state index contributed by atoms with van der Waals surface area (Å²) in [4.78, 5) is 2.45. The molecule has 0 bridgehead atoms. The van der Waals surface area contributed by atoms with E-state index in [1.807, 2.05) is 12.1 Å². The molecule has 0 saturated heterocycles. The van der Waals surface area contributed by atoms with Crippen LogP contribution in [-0.2, 0) is 5.41 Å². The van der Waals surface area contributed by atoms with Crippen LogP contribution in [0.5, 0.6) is 0 Å². The highest BCUT2D eigenvalue weighted by atomic mass is 16.3. The fourth-order valence-electron chi connectivity index (χ4n) is 7.63. The van der Waals surface area contributed by atoms with Crippen LogP contribution in [0.4, 0.5) is 17.1 Å². The molecule has 9 rings (SSSR count). The van der Waals surface area contributed by atoms with Gasteiger partial charge in [0.15, 0.2) is 0 Å². The lowest BCUT2D eigenvalue weighted by molar-refractivity contribution is 0.590. The van der Waals surface area contributed by atoms with E-state index in [1.54, 1.807) is 0 Å². The molecule has 0 saturated carbocycles. The van der Waals surface area contributed by atoms with E-state index >= 15 is 0 Å². The van der Waals surface area contributed by atoms with Crippen molar-refractivity contribution in [3.8, 4) is 33.4 Å². The minimum Gasteiger partial charge on any atom is -0.456 e. The summed E-state index contributed by atoms with van der Waals surface area (Å²) in [7, 11) is 0. The predicted octanol–water partition coefficient (Wildman–Crippen LogP) is 14.5. The maximum Gasteiger partial charge on any atom is 0.135 e. The van der Waals surface area contributed by atoms with Gasteiger partial charge in [-0.2, -0.15) is 0 Å². The van der Waals surface area contributed by atoms with Crippen molar-refractivity contribution in [3.05, 3.63) is 188 Å². The molecular formula is C50H39NO. The van der Waals surface area contributed by atoms with Crippen molar-refractivity contribution in [1.29, 1.82) is 0 Å². The number of para-hydroxylation sites is 2. The molecule has 0 aliphatic carbocycles. The topological polar surface area (TPSA) is 16.4 Å². The molecule has 0 unspecified atom stereocenters. The lowest BCUT2D eigenvalue weighted by Gasteiger charge is -2.31. The summed E-state index contributed by atoms with van der Waals surface area (Å²) < 4.78 is 6.32. The van der Waals surface area contributed by atoms with Crippen LogP contribution in [-0.4, -0.2) is 0 Å². The Kier molecular flexibility index (Phi) is 7.74. The Morgan fingerprint density at radius 3 is 1.77 bits per heavy atom. The van der Waals surface area contributed by atoms with Gasteiger partial charge in [-0.1, -0.05) is 160 Å². The van der Waals surface area contributed by atoms with Crippen LogP contribution in [0.1, 0.15) is 26.3 Å². The maximum absolute atomic E-state index is 6.32. The average molecular weight is 670 g/mol. The van der Waals surface area contributed by atoms with E-state index in [0.717, 1.165) is 44.6 Å². The highest BCUT2D eigenvalue weighted by molar-refractivity contribution is 6.10. The van der Waals surface area contributed by atoms with Crippen LogP contribution in [0.2, 0.25) is 0 Å². The molecule has 2 nitrogen and oxygen atoms in total. The molecule has 0 fully saturated rings. The van der Waals surface area contributed by atoms with Gasteiger partial charge in [0, 0.05) is 27.6 Å². The molecular weight excluding hydrogens is 631 g/mol. The van der Waals surface area contributed by atoms with Gasteiger partial charge in [-0.05, 0) is 86.5 Å². The Labute approximate surface area is 305 Å². The summed E-state index contributed by atoms with van der Waals surface area (Å²) >= 11 is 0. The van der Waals surface area contributed by atoms with Gasteiger partial charge in [0.2, 0.25) is 0 Å². The zero-order chi connectivity index (χ0) is 35.2. The van der Waals surface area contributed by atoms with Gasteiger partial charge < -0.3 is 9.32 Å². The fourth-order valence-corrected chi connectivity index (χ4v) is 7.63. The van der Waals surface area contributed by atoms with E-state index in [9.17, 15) is 0 Å². The number of nitrogens with zero attached hydrogens (tertiary/aromatic N) is 1. The minimum atomic E-state index is -0.0176. The van der Waals surface area contributed by atoms with E-state index in [-0.39, 0.29) is 5.41 Å². The number of benzene rings is 8. The monoisotopic (exact) mass is 669 g/mol. The Balaban J connectivity index is 1.36. The zero-order valence-corrected chi connectivity index (χ0v) is 29.7. The molecule has 0 amide bonds. The van der Waals surface area contributed by atoms with E-state index in [2.05, 4.69) is 196 Å². The first-order valence-corrected chi connectivity index (χ1v) is 18.0. The van der Waals surface area contributed by atoms with Gasteiger partial charge in [0.05, 0.1) is 11.4 Å². The molecule has 9 aromatic rings. The molecule has 0 N–H and O–H groups in total. The lowest BCUT2D eigenvalue weighted by atomic mass is 9.84. The molecule has 250 valence electrons. The van der Waals surface area contributed by atoms with Gasteiger partial charge in [-0.25, -0.2) is 0 Å². The number of hydrogen-bond donors (Lipinski definition) is 0. The second-order valence-electron chi connectivity index (χ2n) is 14.6. The third kappa shape index (κ3) is 5.54. The van der Waals surface area contributed by atoms with Crippen molar-refractivity contribution in [2.24, 2.45) is 0 Å². The van der Waals surface area contributed by atoms with E-state index in [0.29, 0.717) is 0 Å². The third-order valence-corrected chi connectivity index (χ3v) is 10.2. The molecule has 0 aliphatic heterocycles. The molecule has 0 spiro atoms. The Hall–Kier alpha value is -6.38. The molecule has 8 aromatic carbocycles. The average Bonchev–Trinajstić information content (AvgIpc) is 3.56. The summed E-state index contributed by atoms with van der Waals surface area (Å²) in [5.41, 5.74) is 13.5. The molecule has 0 radical (unpaired) electrons. The van der Waals surface area contributed by atoms with Crippen molar-refractivity contribution in [2.45, 2.75) is 26.2 Å². The third-order valence-electron chi connectivity index (χ3n) is 10.2. The highest BCUT2D eigenvalue weighted by Crippen LogP contribution is 2.48. The van der Waals surface area contributed by atoms with Gasteiger partial charge in [0.25, 0.3) is 0 Å². The maximum atomic E-state index is 6.32. The van der Waals surface area contributed by atoms with Crippen LogP contribution in [0.25, 0.3) is 66.1 Å². The van der Waals surface area contributed by atoms with Crippen LogP contribution in [0, 0.1) is 0 Å². The second kappa shape index (κ2) is 12.7. The first-order chi connectivity index (χ1) is 25.4. The largest absolute Gasteiger partial charge is 0.456 e. The lowest BCUT2D eigenvalue weighted by Crippen LogP contribution is -2.15. The number of rotatable bonds is 6. The van der Waals surface area contributed by atoms with E-state index in [1.165, 1.54) is 44.2 Å².